The zero-order valence-electron chi connectivity index (χ0n) is 12.2. The van der Waals surface area contributed by atoms with E-state index in [4.69, 9.17) is 4.74 Å². The van der Waals surface area contributed by atoms with Gasteiger partial charge in [0.2, 0.25) is 0 Å². The van der Waals surface area contributed by atoms with E-state index in [1.807, 2.05) is 42.3 Å². The van der Waals surface area contributed by atoms with Crippen LogP contribution in [0.1, 0.15) is 11.1 Å². The molecular weight excluding hydrogens is 268 g/mol. The number of nitro groups is 1. The lowest BCUT2D eigenvalue weighted by atomic mass is 10.1. The quantitative estimate of drug-likeness (QED) is 0.604. The molecular formula is C16H18N2O3. The molecule has 2 rings (SSSR count). The molecule has 0 saturated carbocycles. The van der Waals surface area contributed by atoms with Crippen molar-refractivity contribution in [2.24, 2.45) is 0 Å². The zero-order valence-corrected chi connectivity index (χ0v) is 12.2. The van der Waals surface area contributed by atoms with Crippen molar-refractivity contribution in [1.82, 2.24) is 4.90 Å². The largest absolute Gasteiger partial charge is 0.497 e. The smallest absolute Gasteiger partial charge is 0.273 e. The lowest BCUT2D eigenvalue weighted by Gasteiger charge is -2.17. The molecule has 0 saturated heterocycles. The highest BCUT2D eigenvalue weighted by atomic mass is 16.6. The summed E-state index contributed by atoms with van der Waals surface area (Å²) >= 11 is 0. The molecule has 0 fully saturated rings. The van der Waals surface area contributed by atoms with Crippen LogP contribution in [-0.2, 0) is 13.1 Å². The van der Waals surface area contributed by atoms with Crippen molar-refractivity contribution in [1.29, 1.82) is 0 Å². The van der Waals surface area contributed by atoms with E-state index in [2.05, 4.69) is 0 Å². The first-order valence-electron chi connectivity index (χ1n) is 6.64. The fraction of sp³-hybridized carbons (Fsp3) is 0.250. The Labute approximate surface area is 123 Å². The summed E-state index contributed by atoms with van der Waals surface area (Å²) in [5.41, 5.74) is 1.98. The molecule has 110 valence electrons. The number of methoxy groups -OCH3 is 1. The number of para-hydroxylation sites is 1. The van der Waals surface area contributed by atoms with Crippen molar-refractivity contribution in [2.45, 2.75) is 13.1 Å². The third kappa shape index (κ3) is 4.03. The van der Waals surface area contributed by atoms with Crippen LogP contribution in [0, 0.1) is 10.1 Å². The molecule has 0 bridgehead atoms. The molecule has 0 amide bonds. The van der Waals surface area contributed by atoms with Gasteiger partial charge in [-0.2, -0.15) is 0 Å². The first-order valence-corrected chi connectivity index (χ1v) is 6.64. The minimum atomic E-state index is -0.339. The number of hydrogen-bond donors (Lipinski definition) is 0. The van der Waals surface area contributed by atoms with E-state index in [1.165, 1.54) is 6.07 Å². The molecule has 2 aromatic carbocycles. The van der Waals surface area contributed by atoms with Gasteiger partial charge in [-0.3, -0.25) is 15.0 Å². The third-order valence-corrected chi connectivity index (χ3v) is 3.22. The summed E-state index contributed by atoms with van der Waals surface area (Å²) < 4.78 is 5.20. The van der Waals surface area contributed by atoms with Gasteiger partial charge in [0.25, 0.3) is 5.69 Å². The second-order valence-electron chi connectivity index (χ2n) is 4.91. The van der Waals surface area contributed by atoms with Crippen molar-refractivity contribution in [2.75, 3.05) is 14.2 Å². The molecule has 0 spiro atoms. The highest BCUT2D eigenvalue weighted by molar-refractivity contribution is 5.39. The summed E-state index contributed by atoms with van der Waals surface area (Å²) in [6.45, 7) is 1.22. The highest BCUT2D eigenvalue weighted by Crippen LogP contribution is 2.20. The number of benzene rings is 2. The van der Waals surface area contributed by atoms with Gasteiger partial charge < -0.3 is 4.74 Å². The summed E-state index contributed by atoms with van der Waals surface area (Å²) in [7, 11) is 3.58. The molecule has 0 aromatic heterocycles. The van der Waals surface area contributed by atoms with Crippen LogP contribution in [0.15, 0.2) is 48.5 Å². The van der Waals surface area contributed by atoms with Gasteiger partial charge in [0, 0.05) is 24.7 Å². The average molecular weight is 286 g/mol. The maximum Gasteiger partial charge on any atom is 0.273 e. The molecule has 0 aliphatic rings. The maximum atomic E-state index is 11.0. The van der Waals surface area contributed by atoms with Crippen LogP contribution in [0.2, 0.25) is 0 Å². The Bertz CT molecular complexity index is 628. The summed E-state index contributed by atoms with van der Waals surface area (Å²) in [6.07, 6.45) is 0. The molecule has 0 aliphatic heterocycles. The van der Waals surface area contributed by atoms with Gasteiger partial charge in [0.1, 0.15) is 5.75 Å². The van der Waals surface area contributed by atoms with Gasteiger partial charge in [-0.15, -0.1) is 0 Å². The molecule has 0 N–H and O–H groups in total. The van der Waals surface area contributed by atoms with E-state index in [0.717, 1.165) is 11.3 Å². The van der Waals surface area contributed by atoms with E-state index in [0.29, 0.717) is 18.7 Å². The topological polar surface area (TPSA) is 55.6 Å². The number of hydrogen-bond acceptors (Lipinski definition) is 4. The van der Waals surface area contributed by atoms with Gasteiger partial charge in [-0.25, -0.2) is 0 Å². The van der Waals surface area contributed by atoms with Crippen molar-refractivity contribution >= 4 is 5.69 Å². The van der Waals surface area contributed by atoms with Gasteiger partial charge in [0.15, 0.2) is 0 Å². The van der Waals surface area contributed by atoms with Gasteiger partial charge in [0.05, 0.1) is 12.0 Å². The Morgan fingerprint density at radius 3 is 2.62 bits per heavy atom. The van der Waals surface area contributed by atoms with Gasteiger partial charge in [-0.05, 0) is 24.7 Å². The number of nitro benzene ring substituents is 1. The summed E-state index contributed by atoms with van der Waals surface area (Å²) in [5.74, 6) is 0.812. The van der Waals surface area contributed by atoms with Crippen molar-refractivity contribution in [3.05, 3.63) is 69.8 Å². The van der Waals surface area contributed by atoms with E-state index in [9.17, 15) is 10.1 Å². The molecule has 5 nitrogen and oxygen atoms in total. The Balaban J connectivity index is 2.08. The normalized spacial score (nSPS) is 10.6. The molecule has 0 atom stereocenters. The predicted molar refractivity (Wildman–Crippen MR) is 81.3 cm³/mol. The van der Waals surface area contributed by atoms with Crippen LogP contribution in [0.3, 0.4) is 0 Å². The summed E-state index contributed by atoms with van der Waals surface area (Å²) in [5, 5.41) is 11.0. The second-order valence-corrected chi connectivity index (χ2v) is 4.91. The Morgan fingerprint density at radius 1 is 1.14 bits per heavy atom. The molecule has 5 heteroatoms. The second kappa shape index (κ2) is 6.85. The fourth-order valence-electron chi connectivity index (χ4n) is 2.25. The fourth-order valence-corrected chi connectivity index (χ4v) is 2.25. The average Bonchev–Trinajstić information content (AvgIpc) is 2.47. The third-order valence-electron chi connectivity index (χ3n) is 3.22. The predicted octanol–water partition coefficient (Wildman–Crippen LogP) is 3.24. The Hall–Kier alpha value is -2.40. The maximum absolute atomic E-state index is 11.0. The van der Waals surface area contributed by atoms with Crippen molar-refractivity contribution in [3.63, 3.8) is 0 Å². The van der Waals surface area contributed by atoms with Crippen molar-refractivity contribution < 1.29 is 9.66 Å². The van der Waals surface area contributed by atoms with Crippen LogP contribution >= 0.6 is 0 Å². The number of nitrogens with zero attached hydrogens (tertiary/aromatic N) is 2. The van der Waals surface area contributed by atoms with Crippen LogP contribution < -0.4 is 4.74 Å². The Morgan fingerprint density at radius 2 is 1.90 bits per heavy atom. The van der Waals surface area contributed by atoms with Crippen LogP contribution in [0.5, 0.6) is 5.75 Å². The van der Waals surface area contributed by atoms with E-state index in [1.54, 1.807) is 19.2 Å². The standard InChI is InChI=1S/C16H18N2O3/c1-17(11-13-6-5-8-15(10-13)21-2)12-14-7-3-4-9-16(14)18(19)20/h3-10H,11-12H2,1-2H3. The SMILES string of the molecule is COc1cccc(CN(C)Cc2ccccc2[N+](=O)[O-])c1. The molecule has 0 unspecified atom stereocenters. The van der Waals surface area contributed by atoms with Crippen molar-refractivity contribution in [3.8, 4) is 5.75 Å². The van der Waals surface area contributed by atoms with E-state index < -0.39 is 0 Å². The lowest BCUT2D eigenvalue weighted by Crippen LogP contribution is -2.18. The molecule has 0 radical (unpaired) electrons. The van der Waals surface area contributed by atoms with E-state index in [-0.39, 0.29) is 10.6 Å². The van der Waals surface area contributed by atoms with Crippen LogP contribution in [0.25, 0.3) is 0 Å². The lowest BCUT2D eigenvalue weighted by molar-refractivity contribution is -0.385. The van der Waals surface area contributed by atoms with Crippen LogP contribution in [-0.4, -0.2) is 24.0 Å². The minimum Gasteiger partial charge on any atom is -0.497 e. The first-order chi connectivity index (χ1) is 10.1. The van der Waals surface area contributed by atoms with Gasteiger partial charge in [-0.1, -0.05) is 30.3 Å². The molecule has 2 aromatic rings. The monoisotopic (exact) mass is 286 g/mol. The highest BCUT2D eigenvalue weighted by Gasteiger charge is 2.14. The minimum absolute atomic E-state index is 0.162. The molecule has 0 heterocycles. The summed E-state index contributed by atoms with van der Waals surface area (Å²) in [4.78, 5) is 12.7. The summed E-state index contributed by atoms with van der Waals surface area (Å²) in [6, 6.07) is 14.6. The van der Waals surface area contributed by atoms with Crippen LogP contribution in [0.4, 0.5) is 5.69 Å². The molecule has 21 heavy (non-hydrogen) atoms. The molecule has 0 aliphatic carbocycles. The first kappa shape index (κ1) is 15.0. The Kier molecular flexibility index (Phi) is 4.90. The van der Waals surface area contributed by atoms with E-state index >= 15 is 0 Å². The van der Waals surface area contributed by atoms with Gasteiger partial charge >= 0.3 is 0 Å². The zero-order chi connectivity index (χ0) is 15.2. The number of ether oxygens (including phenoxy) is 1. The number of rotatable bonds is 6.